The molecule has 0 saturated carbocycles. The Balaban J connectivity index is 0. The van der Waals surface area contributed by atoms with Gasteiger partial charge >= 0.3 is 0 Å². The van der Waals surface area contributed by atoms with Crippen molar-refractivity contribution in [2.75, 3.05) is 17.3 Å². The molecule has 2 heterocycles. The first-order valence-corrected chi connectivity index (χ1v) is 6.95. The number of benzene rings is 2. The van der Waals surface area contributed by atoms with Gasteiger partial charge < -0.3 is 15.7 Å². The number of nitrogens with one attached hydrogen (secondary N) is 1. The Bertz CT molecular complexity index is 852. The highest BCUT2D eigenvalue weighted by atomic mass is 35.5. The largest absolute Gasteiger partial charge is 0.412 e. The molecule has 2 aromatic carbocycles. The molecule has 26 heavy (non-hydrogen) atoms. The lowest BCUT2D eigenvalue weighted by Crippen LogP contribution is -2.54. The molecule has 5 nitrogen and oxygen atoms in total. The number of para-hydroxylation sites is 3. The van der Waals surface area contributed by atoms with Crippen LogP contribution in [0.2, 0.25) is 0 Å². The molecule has 1 aromatic heterocycles. The van der Waals surface area contributed by atoms with E-state index < -0.39 is 5.79 Å². The highest BCUT2D eigenvalue weighted by Gasteiger charge is 2.40. The summed E-state index contributed by atoms with van der Waals surface area (Å²) in [6.45, 7) is 0. The summed E-state index contributed by atoms with van der Waals surface area (Å²) in [7, 11) is 1.98. The van der Waals surface area contributed by atoms with Crippen LogP contribution in [0.15, 0.2) is 60.7 Å². The molecular weight excluding hydrogens is 418 g/mol. The second kappa shape index (κ2) is 10.0. The molecule has 144 valence electrons. The molecule has 1 atom stereocenters. The SMILES string of the molecule is CN1c2ccccc2NC1(N)c1ccc2ccccc2n1.Cl.Cl.Cl.Cl.O. The van der Waals surface area contributed by atoms with E-state index in [1.165, 1.54) is 0 Å². The summed E-state index contributed by atoms with van der Waals surface area (Å²) in [6.07, 6.45) is 0. The molecule has 0 radical (unpaired) electrons. The molecule has 4 rings (SSSR count). The van der Waals surface area contributed by atoms with Gasteiger partial charge in [-0.15, -0.1) is 49.6 Å². The minimum absolute atomic E-state index is 0. The second-order valence-corrected chi connectivity index (χ2v) is 5.36. The summed E-state index contributed by atoms with van der Waals surface area (Å²) in [5.74, 6) is -0.826. The predicted molar refractivity (Wildman–Crippen MR) is 119 cm³/mol. The average Bonchev–Trinajstić information content (AvgIpc) is 2.80. The molecule has 1 aliphatic heterocycles. The van der Waals surface area contributed by atoms with E-state index in [2.05, 4.69) is 23.5 Å². The van der Waals surface area contributed by atoms with Crippen LogP contribution in [-0.4, -0.2) is 17.5 Å². The van der Waals surface area contributed by atoms with Crippen molar-refractivity contribution < 1.29 is 5.48 Å². The minimum Gasteiger partial charge on any atom is -0.412 e. The zero-order chi connectivity index (χ0) is 14.4. The van der Waals surface area contributed by atoms with Crippen LogP contribution in [0.3, 0.4) is 0 Å². The van der Waals surface area contributed by atoms with Crippen molar-refractivity contribution >= 4 is 71.9 Å². The first kappa shape index (κ1) is 26.8. The molecule has 9 heteroatoms. The molecule has 1 unspecified atom stereocenters. The first-order chi connectivity index (χ1) is 10.2. The van der Waals surface area contributed by atoms with Crippen molar-refractivity contribution in [1.29, 1.82) is 0 Å². The van der Waals surface area contributed by atoms with Gasteiger partial charge in [0, 0.05) is 12.4 Å². The third-order valence-corrected chi connectivity index (χ3v) is 4.11. The van der Waals surface area contributed by atoms with Gasteiger partial charge in [0.1, 0.15) is 5.69 Å². The fourth-order valence-corrected chi connectivity index (χ4v) is 2.87. The Labute approximate surface area is 177 Å². The number of nitrogens with zero attached hydrogens (tertiary/aromatic N) is 2. The third kappa shape index (κ3) is 4.09. The predicted octanol–water partition coefficient (Wildman–Crippen LogP) is 3.73. The van der Waals surface area contributed by atoms with Crippen LogP contribution in [0.4, 0.5) is 11.4 Å². The van der Waals surface area contributed by atoms with E-state index >= 15 is 0 Å². The number of fused-ring (bicyclic) bond motifs is 2. The monoisotopic (exact) mass is 438 g/mol. The van der Waals surface area contributed by atoms with Gasteiger partial charge in [-0.2, -0.15) is 0 Å². The maximum Gasteiger partial charge on any atom is 0.209 e. The van der Waals surface area contributed by atoms with Gasteiger partial charge in [-0.3, -0.25) is 5.73 Å². The quantitative estimate of drug-likeness (QED) is 0.604. The number of pyridine rings is 1. The number of nitrogens with two attached hydrogens (primary N) is 1. The van der Waals surface area contributed by atoms with Crippen molar-refractivity contribution in [3.8, 4) is 0 Å². The van der Waals surface area contributed by atoms with Crippen molar-refractivity contribution in [3.63, 3.8) is 0 Å². The van der Waals surface area contributed by atoms with E-state index in [4.69, 9.17) is 10.7 Å². The van der Waals surface area contributed by atoms with Gasteiger partial charge in [-0.1, -0.05) is 36.4 Å². The molecule has 0 fully saturated rings. The van der Waals surface area contributed by atoms with Crippen molar-refractivity contribution in [2.45, 2.75) is 5.79 Å². The van der Waals surface area contributed by atoms with E-state index in [9.17, 15) is 0 Å². The molecule has 0 bridgehead atoms. The Kier molecular flexibility index (Phi) is 10.3. The van der Waals surface area contributed by atoms with Crippen LogP contribution >= 0.6 is 49.6 Å². The van der Waals surface area contributed by atoms with Gasteiger partial charge in [0.2, 0.25) is 5.79 Å². The van der Waals surface area contributed by atoms with Gasteiger partial charge in [0.05, 0.1) is 16.9 Å². The molecule has 0 spiro atoms. The van der Waals surface area contributed by atoms with Crippen molar-refractivity contribution in [2.24, 2.45) is 5.73 Å². The highest BCUT2D eigenvalue weighted by Crippen LogP contribution is 2.40. The second-order valence-electron chi connectivity index (χ2n) is 5.36. The molecule has 0 aliphatic carbocycles. The summed E-state index contributed by atoms with van der Waals surface area (Å²) in [5.41, 5.74) is 10.5. The molecule has 5 N–H and O–H groups in total. The maximum atomic E-state index is 6.62. The zero-order valence-electron chi connectivity index (χ0n) is 13.9. The summed E-state index contributed by atoms with van der Waals surface area (Å²) in [5, 5.41) is 4.50. The van der Waals surface area contributed by atoms with E-state index in [1.54, 1.807) is 0 Å². The first-order valence-electron chi connectivity index (χ1n) is 6.95. The number of hydrogen-bond acceptors (Lipinski definition) is 4. The molecule has 1 aliphatic rings. The van der Waals surface area contributed by atoms with E-state index in [-0.39, 0.29) is 55.1 Å². The Morgan fingerprint density at radius 1 is 0.885 bits per heavy atom. The smallest absolute Gasteiger partial charge is 0.209 e. The lowest BCUT2D eigenvalue weighted by molar-refractivity contribution is 0.509. The topological polar surface area (TPSA) is 85.7 Å². The number of halogens is 4. The standard InChI is InChI=1S/C17H16N4.4ClH.H2O/c1-21-15-9-5-4-8-14(15)20-17(21,18)16-11-10-12-6-2-3-7-13(12)19-16;;;;;/h2-11,20H,18H2,1H3;4*1H;1H2. The summed E-state index contributed by atoms with van der Waals surface area (Å²) in [4.78, 5) is 6.76. The lowest BCUT2D eigenvalue weighted by atomic mass is 10.1. The summed E-state index contributed by atoms with van der Waals surface area (Å²) >= 11 is 0. The number of hydrogen-bond donors (Lipinski definition) is 2. The summed E-state index contributed by atoms with van der Waals surface area (Å²) in [6, 6.07) is 20.2. The average molecular weight is 440 g/mol. The zero-order valence-corrected chi connectivity index (χ0v) is 17.1. The third-order valence-electron chi connectivity index (χ3n) is 4.11. The number of rotatable bonds is 1. The lowest BCUT2D eigenvalue weighted by Gasteiger charge is -2.33. The Morgan fingerprint density at radius 2 is 1.50 bits per heavy atom. The molecule has 0 amide bonds. The fourth-order valence-electron chi connectivity index (χ4n) is 2.87. The van der Waals surface area contributed by atoms with Gasteiger partial charge in [-0.25, -0.2) is 4.98 Å². The molecule has 3 aromatic rings. The normalized spacial score (nSPS) is 16.5. The van der Waals surface area contributed by atoms with E-state index in [1.807, 2.05) is 54.4 Å². The Hall–Kier alpha value is -1.47. The van der Waals surface area contributed by atoms with Crippen molar-refractivity contribution in [3.05, 3.63) is 66.4 Å². The minimum atomic E-state index is -0.826. The van der Waals surface area contributed by atoms with Crippen LogP contribution in [0.25, 0.3) is 10.9 Å². The highest BCUT2D eigenvalue weighted by molar-refractivity contribution is 5.86. The van der Waals surface area contributed by atoms with Crippen molar-refractivity contribution in [1.82, 2.24) is 4.98 Å². The van der Waals surface area contributed by atoms with Gasteiger partial charge in [-0.05, 0) is 24.3 Å². The van der Waals surface area contributed by atoms with Crippen LogP contribution < -0.4 is 16.0 Å². The molecule has 0 saturated heterocycles. The van der Waals surface area contributed by atoms with Crippen LogP contribution in [0.1, 0.15) is 5.69 Å². The van der Waals surface area contributed by atoms with Gasteiger partial charge in [0.25, 0.3) is 0 Å². The van der Waals surface area contributed by atoms with Crippen LogP contribution in [0, 0.1) is 0 Å². The fraction of sp³-hybridized carbons (Fsp3) is 0.118. The van der Waals surface area contributed by atoms with Crippen LogP contribution in [-0.2, 0) is 5.79 Å². The molecular formula is C17H22Cl4N4O. The van der Waals surface area contributed by atoms with E-state index in [0.717, 1.165) is 28.0 Å². The maximum absolute atomic E-state index is 6.62. The van der Waals surface area contributed by atoms with Gasteiger partial charge in [0.15, 0.2) is 0 Å². The summed E-state index contributed by atoms with van der Waals surface area (Å²) < 4.78 is 0. The Morgan fingerprint density at radius 3 is 2.19 bits per heavy atom. The number of aromatic nitrogens is 1. The van der Waals surface area contributed by atoms with Crippen LogP contribution in [0.5, 0.6) is 0 Å². The van der Waals surface area contributed by atoms with E-state index in [0.29, 0.717) is 0 Å². The number of anilines is 2.